The van der Waals surface area contributed by atoms with Crippen LogP contribution in [0.1, 0.15) is 26.5 Å². The molecule has 0 aromatic carbocycles. The second-order valence-corrected chi connectivity index (χ2v) is 5.54. The van der Waals surface area contributed by atoms with Crippen molar-refractivity contribution in [2.75, 3.05) is 0 Å². The Kier molecular flexibility index (Phi) is 3.27. The number of nitrogens with two attached hydrogens (primary N) is 1. The minimum Gasteiger partial charge on any atom is -0.325 e. The van der Waals surface area contributed by atoms with E-state index < -0.39 is 0 Å². The lowest BCUT2D eigenvalue weighted by molar-refractivity contribution is 0.785. The molecule has 0 aliphatic rings. The molecule has 0 fully saturated rings. The van der Waals surface area contributed by atoms with Gasteiger partial charge in [-0.1, -0.05) is 32.5 Å². The van der Waals surface area contributed by atoms with Gasteiger partial charge in [0.25, 0.3) is 0 Å². The molecule has 13 heavy (non-hydrogen) atoms. The SMILES string of the molecule is CC(C)(C)Sc1nccc(CN)n1. The molecule has 1 rings (SSSR count). The number of nitrogens with zero attached hydrogens (tertiary/aromatic N) is 2. The molecule has 2 N–H and O–H groups in total. The molecule has 1 aromatic heterocycles. The Balaban J connectivity index is 2.78. The van der Waals surface area contributed by atoms with Crippen molar-refractivity contribution in [3.63, 3.8) is 0 Å². The van der Waals surface area contributed by atoms with Crippen LogP contribution in [0, 0.1) is 0 Å². The molecule has 0 bridgehead atoms. The van der Waals surface area contributed by atoms with Crippen LogP contribution in [0.15, 0.2) is 17.4 Å². The van der Waals surface area contributed by atoms with Crippen LogP contribution in [0.5, 0.6) is 0 Å². The van der Waals surface area contributed by atoms with E-state index in [1.807, 2.05) is 6.07 Å². The van der Waals surface area contributed by atoms with Crippen LogP contribution in [-0.4, -0.2) is 14.7 Å². The summed E-state index contributed by atoms with van der Waals surface area (Å²) in [6.07, 6.45) is 1.75. The van der Waals surface area contributed by atoms with Gasteiger partial charge in [0, 0.05) is 17.5 Å². The fourth-order valence-electron chi connectivity index (χ4n) is 0.813. The van der Waals surface area contributed by atoms with Crippen molar-refractivity contribution >= 4 is 11.8 Å². The van der Waals surface area contributed by atoms with Gasteiger partial charge in [-0.2, -0.15) is 0 Å². The Morgan fingerprint density at radius 3 is 2.69 bits per heavy atom. The molecule has 0 aliphatic heterocycles. The molecule has 3 nitrogen and oxygen atoms in total. The lowest BCUT2D eigenvalue weighted by Crippen LogP contribution is -2.09. The lowest BCUT2D eigenvalue weighted by Gasteiger charge is -2.15. The molecule has 0 radical (unpaired) electrons. The topological polar surface area (TPSA) is 51.8 Å². The van der Waals surface area contributed by atoms with Crippen molar-refractivity contribution in [1.82, 2.24) is 9.97 Å². The zero-order valence-electron chi connectivity index (χ0n) is 8.24. The first-order chi connectivity index (χ1) is 6.01. The molecule has 0 amide bonds. The third-order valence-corrected chi connectivity index (χ3v) is 2.29. The normalized spacial score (nSPS) is 11.7. The molecule has 1 heterocycles. The smallest absolute Gasteiger partial charge is 0.188 e. The van der Waals surface area contributed by atoms with E-state index >= 15 is 0 Å². The van der Waals surface area contributed by atoms with Crippen LogP contribution in [-0.2, 0) is 6.54 Å². The van der Waals surface area contributed by atoms with E-state index in [0.717, 1.165) is 10.9 Å². The van der Waals surface area contributed by atoms with Crippen LogP contribution >= 0.6 is 11.8 Å². The van der Waals surface area contributed by atoms with Crippen molar-refractivity contribution in [3.05, 3.63) is 18.0 Å². The highest BCUT2D eigenvalue weighted by molar-refractivity contribution is 8.00. The van der Waals surface area contributed by atoms with E-state index in [4.69, 9.17) is 5.73 Å². The number of aromatic nitrogens is 2. The number of rotatable bonds is 2. The second kappa shape index (κ2) is 4.07. The highest BCUT2D eigenvalue weighted by atomic mass is 32.2. The standard InChI is InChI=1S/C9H15N3S/c1-9(2,3)13-8-11-5-4-7(6-10)12-8/h4-5H,6,10H2,1-3H3. The van der Waals surface area contributed by atoms with Gasteiger partial charge in [-0.05, 0) is 6.07 Å². The summed E-state index contributed by atoms with van der Waals surface area (Å²) in [5, 5.41) is 0.801. The van der Waals surface area contributed by atoms with Crippen LogP contribution in [0.2, 0.25) is 0 Å². The highest BCUT2D eigenvalue weighted by Crippen LogP contribution is 2.28. The maximum Gasteiger partial charge on any atom is 0.188 e. The summed E-state index contributed by atoms with van der Waals surface area (Å²) in [7, 11) is 0. The zero-order chi connectivity index (χ0) is 9.90. The molecule has 4 heteroatoms. The van der Waals surface area contributed by atoms with Gasteiger partial charge in [-0.3, -0.25) is 0 Å². The Labute approximate surface area is 83.2 Å². The monoisotopic (exact) mass is 197 g/mol. The van der Waals surface area contributed by atoms with E-state index in [2.05, 4.69) is 30.7 Å². The first-order valence-corrected chi connectivity index (χ1v) is 5.04. The predicted octanol–water partition coefficient (Wildman–Crippen LogP) is 1.83. The fraction of sp³-hybridized carbons (Fsp3) is 0.556. The Morgan fingerprint density at radius 1 is 1.46 bits per heavy atom. The van der Waals surface area contributed by atoms with E-state index in [1.165, 1.54) is 0 Å². The summed E-state index contributed by atoms with van der Waals surface area (Å²) in [6, 6.07) is 1.84. The third-order valence-electron chi connectivity index (χ3n) is 1.30. The van der Waals surface area contributed by atoms with Gasteiger partial charge in [0.05, 0.1) is 5.69 Å². The summed E-state index contributed by atoms with van der Waals surface area (Å²) < 4.78 is 0.146. The largest absolute Gasteiger partial charge is 0.325 e. The van der Waals surface area contributed by atoms with Crippen LogP contribution in [0.4, 0.5) is 0 Å². The summed E-state index contributed by atoms with van der Waals surface area (Å²) in [4.78, 5) is 8.47. The zero-order valence-corrected chi connectivity index (χ0v) is 9.06. The molecule has 72 valence electrons. The Morgan fingerprint density at radius 2 is 2.15 bits per heavy atom. The maximum atomic E-state index is 5.48. The van der Waals surface area contributed by atoms with E-state index in [1.54, 1.807) is 18.0 Å². The molecule has 0 saturated carbocycles. The molecule has 0 unspecified atom stereocenters. The van der Waals surface area contributed by atoms with Gasteiger partial charge < -0.3 is 5.73 Å². The molecule has 0 atom stereocenters. The summed E-state index contributed by atoms with van der Waals surface area (Å²) in [5.41, 5.74) is 6.37. The molecular weight excluding hydrogens is 182 g/mol. The van der Waals surface area contributed by atoms with Crippen LogP contribution < -0.4 is 5.73 Å². The van der Waals surface area contributed by atoms with Crippen molar-refractivity contribution in [2.24, 2.45) is 5.73 Å². The Bertz CT molecular complexity index is 280. The number of thioether (sulfide) groups is 1. The predicted molar refractivity (Wildman–Crippen MR) is 55.5 cm³/mol. The molecule has 0 aliphatic carbocycles. The van der Waals surface area contributed by atoms with E-state index in [9.17, 15) is 0 Å². The quantitative estimate of drug-likeness (QED) is 0.580. The molecule has 0 spiro atoms. The molecule has 1 aromatic rings. The van der Waals surface area contributed by atoms with Crippen LogP contribution in [0.3, 0.4) is 0 Å². The number of hydrogen-bond acceptors (Lipinski definition) is 4. The van der Waals surface area contributed by atoms with Crippen LogP contribution in [0.25, 0.3) is 0 Å². The van der Waals surface area contributed by atoms with Crippen molar-refractivity contribution in [2.45, 2.75) is 37.2 Å². The van der Waals surface area contributed by atoms with Gasteiger partial charge in [0.15, 0.2) is 5.16 Å². The van der Waals surface area contributed by atoms with Gasteiger partial charge >= 0.3 is 0 Å². The van der Waals surface area contributed by atoms with Gasteiger partial charge in [0.1, 0.15) is 0 Å². The minimum absolute atomic E-state index is 0.146. The summed E-state index contributed by atoms with van der Waals surface area (Å²) in [6.45, 7) is 6.88. The second-order valence-electron chi connectivity index (χ2n) is 3.75. The van der Waals surface area contributed by atoms with Gasteiger partial charge in [-0.15, -0.1) is 0 Å². The average molecular weight is 197 g/mol. The van der Waals surface area contributed by atoms with Crippen molar-refractivity contribution in [3.8, 4) is 0 Å². The van der Waals surface area contributed by atoms with Crippen molar-refractivity contribution in [1.29, 1.82) is 0 Å². The lowest BCUT2D eigenvalue weighted by atomic mass is 10.3. The van der Waals surface area contributed by atoms with Gasteiger partial charge in [0.2, 0.25) is 0 Å². The first-order valence-electron chi connectivity index (χ1n) is 4.22. The molecular formula is C9H15N3S. The molecule has 0 saturated heterocycles. The van der Waals surface area contributed by atoms with Gasteiger partial charge in [-0.25, -0.2) is 9.97 Å². The summed E-state index contributed by atoms with van der Waals surface area (Å²) in [5.74, 6) is 0. The number of hydrogen-bond donors (Lipinski definition) is 1. The minimum atomic E-state index is 0.146. The van der Waals surface area contributed by atoms with E-state index in [0.29, 0.717) is 6.54 Å². The highest BCUT2D eigenvalue weighted by Gasteiger charge is 2.13. The average Bonchev–Trinajstić information content (AvgIpc) is 2.01. The Hall–Kier alpha value is -0.610. The van der Waals surface area contributed by atoms with Crippen molar-refractivity contribution < 1.29 is 0 Å². The third kappa shape index (κ3) is 3.74. The first kappa shape index (κ1) is 10.5. The summed E-state index contributed by atoms with van der Waals surface area (Å²) >= 11 is 1.65. The fourth-order valence-corrected chi connectivity index (χ4v) is 1.64. The van der Waals surface area contributed by atoms with E-state index in [-0.39, 0.29) is 4.75 Å². The maximum absolute atomic E-state index is 5.48.